The van der Waals surface area contributed by atoms with E-state index < -0.39 is 0 Å². The number of carbonyl (C=O) groups excluding carboxylic acids is 1. The zero-order valence-corrected chi connectivity index (χ0v) is 11.4. The van der Waals surface area contributed by atoms with Crippen LogP contribution in [0.25, 0.3) is 0 Å². The fourth-order valence-corrected chi connectivity index (χ4v) is 2.39. The minimum absolute atomic E-state index is 0.183. The predicted molar refractivity (Wildman–Crippen MR) is 71.9 cm³/mol. The first kappa shape index (κ1) is 14.5. The van der Waals surface area contributed by atoms with Gasteiger partial charge in [-0.05, 0) is 44.7 Å². The molecule has 0 aromatic carbocycles. The van der Waals surface area contributed by atoms with Gasteiger partial charge in [0.2, 0.25) is 5.91 Å². The highest BCUT2D eigenvalue weighted by atomic mass is 16.1. The van der Waals surface area contributed by atoms with Crippen molar-refractivity contribution < 1.29 is 4.79 Å². The molecule has 0 aromatic rings. The highest BCUT2D eigenvalue weighted by molar-refractivity contribution is 5.78. The lowest BCUT2D eigenvalue weighted by molar-refractivity contribution is -0.124. The second kappa shape index (κ2) is 8.51. The van der Waals surface area contributed by atoms with Crippen LogP contribution < -0.4 is 10.6 Å². The third-order valence-corrected chi connectivity index (χ3v) is 3.75. The predicted octanol–water partition coefficient (Wildman–Crippen LogP) is 2.32. The van der Waals surface area contributed by atoms with Gasteiger partial charge in [-0.15, -0.1) is 0 Å². The van der Waals surface area contributed by atoms with Gasteiger partial charge in [-0.2, -0.15) is 0 Å². The number of nitrogens with one attached hydrogen (secondary N) is 2. The molecule has 2 N–H and O–H groups in total. The van der Waals surface area contributed by atoms with Crippen LogP contribution in [0.1, 0.15) is 52.4 Å². The highest BCUT2D eigenvalue weighted by Crippen LogP contribution is 2.15. The van der Waals surface area contributed by atoms with Gasteiger partial charge in [0.05, 0.1) is 0 Å². The van der Waals surface area contributed by atoms with Gasteiger partial charge >= 0.3 is 0 Å². The fourth-order valence-electron chi connectivity index (χ4n) is 2.39. The van der Waals surface area contributed by atoms with Crippen molar-refractivity contribution in [3.05, 3.63) is 0 Å². The molecule has 1 rings (SSSR count). The van der Waals surface area contributed by atoms with Gasteiger partial charge < -0.3 is 10.6 Å². The summed E-state index contributed by atoms with van der Waals surface area (Å²) in [5, 5.41) is 6.45. The van der Waals surface area contributed by atoms with Gasteiger partial charge in [0, 0.05) is 12.5 Å². The maximum absolute atomic E-state index is 11.8. The standard InChI is InChI=1S/C14H28N2O/c1-3-4-5-12(2)14(17)16-11-8-13-6-9-15-10-7-13/h12-13,15H,3-11H2,1-2H3,(H,16,17). The van der Waals surface area contributed by atoms with Crippen LogP contribution in [0.2, 0.25) is 0 Å². The second-order valence-electron chi connectivity index (χ2n) is 5.32. The van der Waals surface area contributed by atoms with Gasteiger partial charge in [-0.1, -0.05) is 26.7 Å². The Kier molecular flexibility index (Phi) is 7.25. The van der Waals surface area contributed by atoms with Gasteiger partial charge in [0.1, 0.15) is 0 Å². The molecule has 1 unspecified atom stereocenters. The van der Waals surface area contributed by atoms with E-state index >= 15 is 0 Å². The molecular weight excluding hydrogens is 212 g/mol. The molecule has 0 radical (unpaired) electrons. The molecule has 1 heterocycles. The molecule has 1 saturated heterocycles. The lowest BCUT2D eigenvalue weighted by atomic mass is 9.94. The Labute approximate surface area is 106 Å². The summed E-state index contributed by atoms with van der Waals surface area (Å²) in [6.45, 7) is 7.36. The minimum atomic E-state index is 0.183. The van der Waals surface area contributed by atoms with E-state index in [9.17, 15) is 4.79 Å². The van der Waals surface area contributed by atoms with E-state index in [1.54, 1.807) is 0 Å². The lowest BCUT2D eigenvalue weighted by Gasteiger charge is -2.22. The molecule has 3 heteroatoms. The quantitative estimate of drug-likeness (QED) is 0.717. The van der Waals surface area contributed by atoms with Crippen LogP contribution in [0.5, 0.6) is 0 Å². The molecular formula is C14H28N2O. The molecule has 1 atom stereocenters. The maximum Gasteiger partial charge on any atom is 0.222 e. The van der Waals surface area contributed by atoms with Crippen LogP contribution in [0.3, 0.4) is 0 Å². The van der Waals surface area contributed by atoms with Gasteiger partial charge in [0.25, 0.3) is 0 Å². The first-order valence-electron chi connectivity index (χ1n) is 7.22. The van der Waals surface area contributed by atoms with Crippen molar-refractivity contribution in [2.75, 3.05) is 19.6 Å². The second-order valence-corrected chi connectivity index (χ2v) is 5.32. The number of unbranched alkanes of at least 4 members (excludes halogenated alkanes) is 1. The molecule has 3 nitrogen and oxygen atoms in total. The molecule has 0 spiro atoms. The minimum Gasteiger partial charge on any atom is -0.356 e. The molecule has 1 aliphatic heterocycles. The summed E-state index contributed by atoms with van der Waals surface area (Å²) in [6, 6.07) is 0. The van der Waals surface area contributed by atoms with Crippen molar-refractivity contribution in [3.8, 4) is 0 Å². The highest BCUT2D eigenvalue weighted by Gasteiger charge is 2.15. The molecule has 0 saturated carbocycles. The zero-order chi connectivity index (χ0) is 12.5. The fraction of sp³-hybridized carbons (Fsp3) is 0.929. The molecule has 1 aliphatic rings. The Morgan fingerprint density at radius 2 is 2.12 bits per heavy atom. The van der Waals surface area contributed by atoms with E-state index in [1.165, 1.54) is 19.3 Å². The third kappa shape index (κ3) is 6.06. The van der Waals surface area contributed by atoms with Gasteiger partial charge in [-0.25, -0.2) is 0 Å². The average Bonchev–Trinajstić information content (AvgIpc) is 2.37. The van der Waals surface area contributed by atoms with Crippen LogP contribution >= 0.6 is 0 Å². The summed E-state index contributed by atoms with van der Waals surface area (Å²) in [5.41, 5.74) is 0. The van der Waals surface area contributed by atoms with E-state index in [-0.39, 0.29) is 11.8 Å². The lowest BCUT2D eigenvalue weighted by Crippen LogP contribution is -2.33. The number of carbonyl (C=O) groups is 1. The number of piperidine rings is 1. The normalized spacial score (nSPS) is 18.9. The molecule has 1 fully saturated rings. The Balaban J connectivity index is 2.06. The van der Waals surface area contributed by atoms with Gasteiger partial charge in [-0.3, -0.25) is 4.79 Å². The average molecular weight is 240 g/mol. The summed E-state index contributed by atoms with van der Waals surface area (Å²) >= 11 is 0. The van der Waals surface area contributed by atoms with Gasteiger partial charge in [0.15, 0.2) is 0 Å². The monoisotopic (exact) mass is 240 g/mol. The Hall–Kier alpha value is -0.570. The maximum atomic E-state index is 11.8. The summed E-state index contributed by atoms with van der Waals surface area (Å²) in [6.07, 6.45) is 7.03. The van der Waals surface area contributed by atoms with Crippen molar-refractivity contribution in [2.45, 2.75) is 52.4 Å². The van der Waals surface area contributed by atoms with Crippen molar-refractivity contribution in [1.82, 2.24) is 10.6 Å². The summed E-state index contributed by atoms with van der Waals surface area (Å²) < 4.78 is 0. The van der Waals surface area contributed by atoms with Crippen LogP contribution in [-0.4, -0.2) is 25.5 Å². The first-order valence-corrected chi connectivity index (χ1v) is 7.22. The third-order valence-electron chi connectivity index (χ3n) is 3.75. The zero-order valence-electron chi connectivity index (χ0n) is 11.4. The smallest absolute Gasteiger partial charge is 0.222 e. The molecule has 17 heavy (non-hydrogen) atoms. The Morgan fingerprint density at radius 1 is 1.41 bits per heavy atom. The Morgan fingerprint density at radius 3 is 2.76 bits per heavy atom. The van der Waals surface area contributed by atoms with E-state index in [1.807, 2.05) is 6.92 Å². The number of amides is 1. The SMILES string of the molecule is CCCCC(C)C(=O)NCCC1CCNCC1. The Bertz CT molecular complexity index is 212. The van der Waals surface area contributed by atoms with Crippen molar-refractivity contribution >= 4 is 5.91 Å². The van der Waals surface area contributed by atoms with E-state index in [0.717, 1.165) is 44.8 Å². The van der Waals surface area contributed by atoms with Crippen molar-refractivity contribution in [2.24, 2.45) is 11.8 Å². The first-order chi connectivity index (χ1) is 8.24. The molecule has 1 amide bonds. The molecule has 0 bridgehead atoms. The van der Waals surface area contributed by atoms with E-state index in [4.69, 9.17) is 0 Å². The number of hydrogen-bond acceptors (Lipinski definition) is 2. The summed E-state index contributed by atoms with van der Waals surface area (Å²) in [5.74, 6) is 1.23. The molecule has 0 aromatic heterocycles. The van der Waals surface area contributed by atoms with E-state index in [2.05, 4.69) is 17.6 Å². The summed E-state index contributed by atoms with van der Waals surface area (Å²) in [4.78, 5) is 11.8. The van der Waals surface area contributed by atoms with Crippen LogP contribution in [-0.2, 0) is 4.79 Å². The van der Waals surface area contributed by atoms with Crippen molar-refractivity contribution in [1.29, 1.82) is 0 Å². The largest absolute Gasteiger partial charge is 0.356 e. The van der Waals surface area contributed by atoms with E-state index in [0.29, 0.717) is 0 Å². The number of rotatable bonds is 7. The van der Waals surface area contributed by atoms with Crippen LogP contribution in [0.15, 0.2) is 0 Å². The topological polar surface area (TPSA) is 41.1 Å². The van der Waals surface area contributed by atoms with Crippen LogP contribution in [0.4, 0.5) is 0 Å². The number of hydrogen-bond donors (Lipinski definition) is 2. The summed E-state index contributed by atoms with van der Waals surface area (Å²) in [7, 11) is 0. The molecule has 0 aliphatic carbocycles. The molecule has 100 valence electrons. The van der Waals surface area contributed by atoms with Crippen molar-refractivity contribution in [3.63, 3.8) is 0 Å². The van der Waals surface area contributed by atoms with Crippen LogP contribution in [0, 0.1) is 11.8 Å².